The first kappa shape index (κ1) is 16.3. The van der Waals surface area contributed by atoms with Crippen LogP contribution in [0.2, 0.25) is 0 Å². The lowest BCUT2D eigenvalue weighted by molar-refractivity contribution is 0.103. The first-order valence-corrected chi connectivity index (χ1v) is 8.86. The summed E-state index contributed by atoms with van der Waals surface area (Å²) in [5.74, 6) is 2.82. The van der Waals surface area contributed by atoms with E-state index in [4.69, 9.17) is 0 Å². The second-order valence-corrected chi connectivity index (χ2v) is 8.41. The number of likely N-dealkylation sites (tertiary alicyclic amines) is 1. The molecule has 1 saturated heterocycles. The lowest BCUT2D eigenvalue weighted by Gasteiger charge is -2.40. The summed E-state index contributed by atoms with van der Waals surface area (Å²) < 4.78 is 0. The lowest BCUT2D eigenvalue weighted by Crippen LogP contribution is -2.42. The molecule has 2 fully saturated rings. The number of hydrogen-bond acceptors (Lipinski definition) is 2. The molecule has 1 heterocycles. The van der Waals surface area contributed by atoms with E-state index in [1.54, 1.807) is 0 Å². The highest BCUT2D eigenvalue weighted by atomic mass is 15.1. The SMILES string of the molecule is CNCC1CCCN(CC2CCC(C(C)(C)C)CC2)C1. The monoisotopic (exact) mass is 280 g/mol. The van der Waals surface area contributed by atoms with Crippen molar-refractivity contribution in [2.75, 3.05) is 33.2 Å². The summed E-state index contributed by atoms with van der Waals surface area (Å²) in [7, 11) is 2.09. The fraction of sp³-hybridized carbons (Fsp3) is 1.00. The predicted octanol–water partition coefficient (Wildman–Crippen LogP) is 3.77. The van der Waals surface area contributed by atoms with E-state index >= 15 is 0 Å². The van der Waals surface area contributed by atoms with Crippen LogP contribution in [0.15, 0.2) is 0 Å². The molecule has 0 spiro atoms. The minimum atomic E-state index is 0.522. The van der Waals surface area contributed by atoms with E-state index in [1.807, 2.05) is 0 Å². The number of nitrogens with zero attached hydrogens (tertiary/aromatic N) is 1. The van der Waals surface area contributed by atoms with Gasteiger partial charge in [0.1, 0.15) is 0 Å². The van der Waals surface area contributed by atoms with Crippen LogP contribution >= 0.6 is 0 Å². The van der Waals surface area contributed by atoms with E-state index in [0.29, 0.717) is 5.41 Å². The molecule has 1 aliphatic carbocycles. The van der Waals surface area contributed by atoms with Crippen LogP contribution in [0, 0.1) is 23.2 Å². The Morgan fingerprint density at radius 2 is 1.70 bits per heavy atom. The molecule has 1 aliphatic heterocycles. The quantitative estimate of drug-likeness (QED) is 0.843. The number of nitrogens with one attached hydrogen (secondary N) is 1. The molecule has 2 heteroatoms. The van der Waals surface area contributed by atoms with Crippen LogP contribution in [0.5, 0.6) is 0 Å². The molecule has 20 heavy (non-hydrogen) atoms. The van der Waals surface area contributed by atoms with E-state index in [0.717, 1.165) is 17.8 Å². The molecule has 0 radical (unpaired) electrons. The first-order chi connectivity index (χ1) is 9.49. The maximum atomic E-state index is 3.36. The minimum absolute atomic E-state index is 0.522. The Morgan fingerprint density at radius 3 is 2.30 bits per heavy atom. The zero-order valence-electron chi connectivity index (χ0n) is 14.3. The summed E-state index contributed by atoms with van der Waals surface area (Å²) in [4.78, 5) is 2.76. The van der Waals surface area contributed by atoms with Crippen LogP contribution in [0.4, 0.5) is 0 Å². The van der Waals surface area contributed by atoms with Crippen molar-refractivity contribution < 1.29 is 0 Å². The van der Waals surface area contributed by atoms with E-state index in [2.05, 4.69) is 38.0 Å². The second-order valence-electron chi connectivity index (χ2n) is 8.41. The molecule has 1 atom stereocenters. The standard InChI is InChI=1S/C18H36N2/c1-18(2,3)17-9-7-15(8-10-17)13-20-11-5-6-16(14-20)12-19-4/h15-17,19H,5-14H2,1-4H3. The third-order valence-electron chi connectivity index (χ3n) is 5.68. The van der Waals surface area contributed by atoms with Gasteiger partial charge in [-0.15, -0.1) is 0 Å². The first-order valence-electron chi connectivity index (χ1n) is 8.86. The Morgan fingerprint density at radius 1 is 1.00 bits per heavy atom. The van der Waals surface area contributed by atoms with Gasteiger partial charge in [-0.25, -0.2) is 0 Å². The van der Waals surface area contributed by atoms with Crippen LogP contribution in [-0.4, -0.2) is 38.1 Å². The molecule has 2 aliphatic rings. The third-order valence-corrected chi connectivity index (χ3v) is 5.68. The molecular formula is C18H36N2. The predicted molar refractivity (Wildman–Crippen MR) is 88.0 cm³/mol. The Balaban J connectivity index is 1.72. The van der Waals surface area contributed by atoms with Crippen molar-refractivity contribution in [2.45, 2.75) is 59.3 Å². The summed E-state index contributed by atoms with van der Waals surface area (Å²) in [5, 5.41) is 3.36. The van der Waals surface area contributed by atoms with Crippen LogP contribution in [0.25, 0.3) is 0 Å². The van der Waals surface area contributed by atoms with Gasteiger partial charge in [-0.2, -0.15) is 0 Å². The molecule has 1 N–H and O–H groups in total. The van der Waals surface area contributed by atoms with Gasteiger partial charge in [-0.3, -0.25) is 0 Å². The zero-order valence-corrected chi connectivity index (χ0v) is 14.3. The highest BCUT2D eigenvalue weighted by Crippen LogP contribution is 2.40. The van der Waals surface area contributed by atoms with Crippen molar-refractivity contribution in [2.24, 2.45) is 23.2 Å². The maximum Gasteiger partial charge on any atom is 0.00219 e. The highest BCUT2D eigenvalue weighted by molar-refractivity contribution is 4.83. The number of piperidine rings is 1. The van der Waals surface area contributed by atoms with Gasteiger partial charge in [0.15, 0.2) is 0 Å². The molecule has 0 aromatic rings. The summed E-state index contributed by atoms with van der Waals surface area (Å²) >= 11 is 0. The van der Waals surface area contributed by atoms with Crippen molar-refractivity contribution in [1.82, 2.24) is 10.2 Å². The average molecular weight is 281 g/mol. The molecule has 2 rings (SSSR count). The van der Waals surface area contributed by atoms with Crippen molar-refractivity contribution in [3.8, 4) is 0 Å². The van der Waals surface area contributed by atoms with Gasteiger partial charge in [0.25, 0.3) is 0 Å². The summed E-state index contributed by atoms with van der Waals surface area (Å²) in [6.07, 6.45) is 8.69. The van der Waals surface area contributed by atoms with E-state index in [1.165, 1.54) is 64.7 Å². The van der Waals surface area contributed by atoms with Gasteiger partial charge in [0.05, 0.1) is 0 Å². The molecule has 0 bridgehead atoms. The smallest absolute Gasteiger partial charge is 0.00219 e. The summed E-state index contributed by atoms with van der Waals surface area (Å²) in [6, 6.07) is 0. The second kappa shape index (κ2) is 7.26. The van der Waals surface area contributed by atoms with Gasteiger partial charge in [-0.05, 0) is 81.8 Å². The van der Waals surface area contributed by atoms with Gasteiger partial charge in [0, 0.05) is 13.1 Å². The molecule has 0 aromatic heterocycles. The molecular weight excluding hydrogens is 244 g/mol. The topological polar surface area (TPSA) is 15.3 Å². The Labute approximate surface area is 126 Å². The highest BCUT2D eigenvalue weighted by Gasteiger charge is 2.31. The van der Waals surface area contributed by atoms with Gasteiger partial charge in [0.2, 0.25) is 0 Å². The van der Waals surface area contributed by atoms with Crippen molar-refractivity contribution >= 4 is 0 Å². The summed E-state index contributed by atoms with van der Waals surface area (Å²) in [6.45, 7) is 12.5. The summed E-state index contributed by atoms with van der Waals surface area (Å²) in [5.41, 5.74) is 0.522. The lowest BCUT2D eigenvalue weighted by atomic mass is 9.70. The van der Waals surface area contributed by atoms with Gasteiger partial charge >= 0.3 is 0 Å². The van der Waals surface area contributed by atoms with Crippen molar-refractivity contribution in [1.29, 1.82) is 0 Å². The Hall–Kier alpha value is -0.0800. The van der Waals surface area contributed by atoms with Gasteiger partial charge < -0.3 is 10.2 Å². The molecule has 1 saturated carbocycles. The molecule has 118 valence electrons. The Bertz CT molecular complexity index is 272. The van der Waals surface area contributed by atoms with E-state index in [9.17, 15) is 0 Å². The fourth-order valence-corrected chi connectivity index (χ4v) is 4.35. The average Bonchev–Trinajstić information content (AvgIpc) is 2.39. The largest absolute Gasteiger partial charge is 0.319 e. The van der Waals surface area contributed by atoms with Crippen LogP contribution < -0.4 is 5.32 Å². The van der Waals surface area contributed by atoms with E-state index < -0.39 is 0 Å². The van der Waals surface area contributed by atoms with Gasteiger partial charge in [-0.1, -0.05) is 20.8 Å². The molecule has 0 amide bonds. The zero-order chi connectivity index (χ0) is 14.6. The number of rotatable bonds is 4. The normalized spacial score (nSPS) is 33.3. The van der Waals surface area contributed by atoms with Crippen molar-refractivity contribution in [3.63, 3.8) is 0 Å². The molecule has 2 nitrogen and oxygen atoms in total. The van der Waals surface area contributed by atoms with Crippen LogP contribution in [0.1, 0.15) is 59.3 Å². The minimum Gasteiger partial charge on any atom is -0.319 e. The Kier molecular flexibility index (Phi) is 5.92. The maximum absolute atomic E-state index is 3.36. The van der Waals surface area contributed by atoms with Crippen LogP contribution in [0.3, 0.4) is 0 Å². The number of hydrogen-bond donors (Lipinski definition) is 1. The fourth-order valence-electron chi connectivity index (χ4n) is 4.35. The third kappa shape index (κ3) is 4.73. The van der Waals surface area contributed by atoms with Crippen molar-refractivity contribution in [3.05, 3.63) is 0 Å². The molecule has 1 unspecified atom stereocenters. The van der Waals surface area contributed by atoms with E-state index in [-0.39, 0.29) is 0 Å². The van der Waals surface area contributed by atoms with Crippen LogP contribution in [-0.2, 0) is 0 Å². The molecule has 0 aromatic carbocycles.